The summed E-state index contributed by atoms with van der Waals surface area (Å²) in [7, 11) is 0. The molecule has 0 spiro atoms. The van der Waals surface area contributed by atoms with Gasteiger partial charge in [-0.2, -0.15) is 0 Å². The Morgan fingerprint density at radius 3 is 2.53 bits per heavy atom. The number of ether oxygens (including phenoxy) is 1. The van der Waals surface area contributed by atoms with Crippen LogP contribution in [-0.2, 0) is 20.9 Å². The normalized spacial score (nSPS) is 24.5. The monoisotopic (exact) mass is 414 g/mol. The summed E-state index contributed by atoms with van der Waals surface area (Å²) in [5.41, 5.74) is 2.97. The maximum atomic E-state index is 12.3. The second kappa shape index (κ2) is 7.91. The number of amides is 3. The van der Waals surface area contributed by atoms with Crippen LogP contribution >= 0.6 is 0 Å². The fourth-order valence-electron chi connectivity index (χ4n) is 4.44. The standard InChI is InChI=1S/C22H30N4O4/c1-22(2,3)30-21(29)26-10-8-25(9-11-26)15-4-5-16-14(12-15)13-23-19(16)17-6-7-18(27)24-20(17)28/h4-5,12,17,19,23H,6-11,13H2,1-3H3,(H,24,27,28). The first-order chi connectivity index (χ1) is 14.2. The van der Waals surface area contributed by atoms with E-state index >= 15 is 0 Å². The molecule has 3 amide bonds. The van der Waals surface area contributed by atoms with Crippen molar-refractivity contribution in [3.63, 3.8) is 0 Å². The van der Waals surface area contributed by atoms with Crippen molar-refractivity contribution in [3.8, 4) is 0 Å². The van der Waals surface area contributed by atoms with Gasteiger partial charge in [0.05, 0.1) is 5.92 Å². The molecule has 2 N–H and O–H groups in total. The van der Waals surface area contributed by atoms with Crippen LogP contribution in [0.4, 0.5) is 10.5 Å². The van der Waals surface area contributed by atoms with Gasteiger partial charge in [0.2, 0.25) is 11.8 Å². The molecule has 1 aromatic carbocycles. The van der Waals surface area contributed by atoms with Crippen LogP contribution in [0.2, 0.25) is 0 Å². The van der Waals surface area contributed by atoms with Gasteiger partial charge in [0.1, 0.15) is 5.60 Å². The maximum absolute atomic E-state index is 12.3. The minimum Gasteiger partial charge on any atom is -0.444 e. The van der Waals surface area contributed by atoms with Gasteiger partial charge in [-0.15, -0.1) is 0 Å². The summed E-state index contributed by atoms with van der Waals surface area (Å²) < 4.78 is 5.47. The zero-order chi connectivity index (χ0) is 21.5. The SMILES string of the molecule is CC(C)(C)OC(=O)N1CCN(c2ccc3c(c2)CNC3C2CCC(=O)NC2=O)CC1. The Morgan fingerprint density at radius 1 is 1.13 bits per heavy atom. The van der Waals surface area contributed by atoms with Crippen LogP contribution in [0.1, 0.15) is 50.8 Å². The molecule has 0 saturated carbocycles. The Labute approximate surface area is 176 Å². The molecule has 30 heavy (non-hydrogen) atoms. The molecule has 0 aromatic heterocycles. The zero-order valence-corrected chi connectivity index (χ0v) is 17.9. The quantitative estimate of drug-likeness (QED) is 0.719. The third-order valence-corrected chi connectivity index (χ3v) is 5.95. The number of rotatable bonds is 2. The van der Waals surface area contributed by atoms with Crippen LogP contribution < -0.4 is 15.5 Å². The largest absolute Gasteiger partial charge is 0.444 e. The van der Waals surface area contributed by atoms with Crippen molar-refractivity contribution in [2.75, 3.05) is 31.1 Å². The third-order valence-electron chi connectivity index (χ3n) is 5.95. The van der Waals surface area contributed by atoms with Crippen LogP contribution in [0.3, 0.4) is 0 Å². The number of anilines is 1. The number of piperidine rings is 1. The summed E-state index contributed by atoms with van der Waals surface area (Å²) in [6, 6.07) is 6.32. The number of nitrogens with one attached hydrogen (secondary N) is 2. The van der Waals surface area contributed by atoms with Crippen LogP contribution in [-0.4, -0.2) is 54.6 Å². The van der Waals surface area contributed by atoms with E-state index < -0.39 is 5.60 Å². The lowest BCUT2D eigenvalue weighted by Gasteiger charge is -2.37. The molecule has 0 radical (unpaired) electrons. The van der Waals surface area contributed by atoms with Gasteiger partial charge in [-0.25, -0.2) is 4.79 Å². The van der Waals surface area contributed by atoms with Crippen LogP contribution in [0, 0.1) is 5.92 Å². The fraction of sp³-hybridized carbons (Fsp3) is 0.591. The highest BCUT2D eigenvalue weighted by Crippen LogP contribution is 2.36. The van der Waals surface area contributed by atoms with Gasteiger partial charge in [-0.3, -0.25) is 14.9 Å². The molecule has 3 heterocycles. The number of carbonyl (C=O) groups excluding carboxylic acids is 3. The Balaban J connectivity index is 1.39. The van der Waals surface area contributed by atoms with Crippen LogP contribution in [0.25, 0.3) is 0 Å². The lowest BCUT2D eigenvalue weighted by molar-refractivity contribution is -0.137. The summed E-state index contributed by atoms with van der Waals surface area (Å²) in [6.45, 7) is 9.10. The molecule has 162 valence electrons. The van der Waals surface area contributed by atoms with Gasteiger partial charge in [0.25, 0.3) is 0 Å². The van der Waals surface area contributed by atoms with Gasteiger partial charge in [0.15, 0.2) is 0 Å². The van der Waals surface area contributed by atoms with E-state index in [-0.39, 0.29) is 29.9 Å². The highest BCUT2D eigenvalue weighted by atomic mass is 16.6. The predicted octanol–water partition coefficient (Wildman–Crippen LogP) is 1.94. The molecular formula is C22H30N4O4. The molecule has 2 saturated heterocycles. The molecule has 2 unspecified atom stereocenters. The van der Waals surface area contributed by atoms with Crippen molar-refractivity contribution in [2.24, 2.45) is 5.92 Å². The fourth-order valence-corrected chi connectivity index (χ4v) is 4.44. The number of nitrogens with zero attached hydrogens (tertiary/aromatic N) is 2. The number of hydrogen-bond acceptors (Lipinski definition) is 6. The first-order valence-corrected chi connectivity index (χ1v) is 10.6. The van der Waals surface area contributed by atoms with Crippen molar-refractivity contribution in [2.45, 2.75) is 51.8 Å². The lowest BCUT2D eigenvalue weighted by Crippen LogP contribution is -2.50. The molecule has 8 heteroatoms. The average Bonchev–Trinajstić information content (AvgIpc) is 3.10. The van der Waals surface area contributed by atoms with Gasteiger partial charge < -0.3 is 19.9 Å². The molecule has 0 aliphatic carbocycles. The maximum Gasteiger partial charge on any atom is 0.410 e. The molecule has 8 nitrogen and oxygen atoms in total. The van der Waals surface area contributed by atoms with E-state index in [1.54, 1.807) is 4.90 Å². The summed E-state index contributed by atoms with van der Waals surface area (Å²) in [5, 5.41) is 5.91. The zero-order valence-electron chi connectivity index (χ0n) is 17.9. The highest BCUT2D eigenvalue weighted by molar-refractivity contribution is 5.99. The van der Waals surface area contributed by atoms with Crippen molar-refractivity contribution in [3.05, 3.63) is 29.3 Å². The van der Waals surface area contributed by atoms with Crippen LogP contribution in [0.5, 0.6) is 0 Å². The van der Waals surface area contributed by atoms with Crippen molar-refractivity contribution in [1.82, 2.24) is 15.5 Å². The summed E-state index contributed by atoms with van der Waals surface area (Å²) in [6.07, 6.45) is 0.715. The second-order valence-electron chi connectivity index (χ2n) is 9.25. The Morgan fingerprint density at radius 2 is 1.87 bits per heavy atom. The van der Waals surface area contributed by atoms with Crippen molar-refractivity contribution >= 4 is 23.6 Å². The molecule has 2 fully saturated rings. The topological polar surface area (TPSA) is 91.0 Å². The van der Waals surface area contributed by atoms with E-state index in [2.05, 4.69) is 33.7 Å². The van der Waals surface area contributed by atoms with Crippen molar-refractivity contribution < 1.29 is 19.1 Å². The molecule has 1 aromatic rings. The molecule has 4 rings (SSSR count). The summed E-state index contributed by atoms with van der Waals surface area (Å²) >= 11 is 0. The van der Waals surface area contributed by atoms with Crippen LogP contribution in [0.15, 0.2) is 18.2 Å². The molecule has 0 bridgehead atoms. The number of imide groups is 1. The van der Waals surface area contributed by atoms with E-state index in [0.29, 0.717) is 32.5 Å². The van der Waals surface area contributed by atoms with Crippen molar-refractivity contribution in [1.29, 1.82) is 0 Å². The molecular weight excluding hydrogens is 384 g/mol. The van der Waals surface area contributed by atoms with Gasteiger partial charge >= 0.3 is 6.09 Å². The van der Waals surface area contributed by atoms with Gasteiger partial charge in [0, 0.05) is 50.9 Å². The Kier molecular flexibility index (Phi) is 5.44. The molecule has 3 aliphatic rings. The second-order valence-corrected chi connectivity index (χ2v) is 9.25. The molecule has 2 atom stereocenters. The smallest absolute Gasteiger partial charge is 0.410 e. The summed E-state index contributed by atoms with van der Waals surface area (Å²) in [5.74, 6) is -0.582. The van der Waals surface area contributed by atoms with Gasteiger partial charge in [-0.1, -0.05) is 6.07 Å². The first-order valence-electron chi connectivity index (χ1n) is 10.6. The number of piperazine rings is 1. The summed E-state index contributed by atoms with van der Waals surface area (Å²) in [4.78, 5) is 40.0. The minimum absolute atomic E-state index is 0.0498. The van der Waals surface area contributed by atoms with E-state index in [4.69, 9.17) is 4.74 Å². The number of benzene rings is 1. The molecule has 3 aliphatic heterocycles. The number of carbonyl (C=O) groups is 3. The number of fused-ring (bicyclic) bond motifs is 1. The van der Waals surface area contributed by atoms with Gasteiger partial charge in [-0.05, 0) is 50.5 Å². The number of hydrogen-bond donors (Lipinski definition) is 2. The predicted molar refractivity (Wildman–Crippen MR) is 112 cm³/mol. The third kappa shape index (κ3) is 4.28. The van der Waals surface area contributed by atoms with E-state index in [1.165, 1.54) is 5.56 Å². The van der Waals surface area contributed by atoms with E-state index in [9.17, 15) is 14.4 Å². The minimum atomic E-state index is -0.486. The Bertz CT molecular complexity index is 855. The van der Waals surface area contributed by atoms with E-state index in [0.717, 1.165) is 24.3 Å². The van der Waals surface area contributed by atoms with E-state index in [1.807, 2.05) is 20.8 Å². The first kappa shape index (κ1) is 20.7. The highest BCUT2D eigenvalue weighted by Gasteiger charge is 2.37. The lowest BCUT2D eigenvalue weighted by atomic mass is 9.86. The average molecular weight is 415 g/mol. The Hall–Kier alpha value is -2.61.